The van der Waals surface area contributed by atoms with Gasteiger partial charge in [-0.3, -0.25) is 9.59 Å². The van der Waals surface area contributed by atoms with Crippen molar-refractivity contribution >= 4 is 11.6 Å². The average molecular weight is 572 g/mol. The Kier molecular flexibility index (Phi) is 8.39. The van der Waals surface area contributed by atoms with Gasteiger partial charge in [-0.05, 0) is 60.3 Å². The number of nitrogens with zero attached hydrogens (tertiary/aromatic N) is 1. The molecule has 0 amide bonds. The summed E-state index contributed by atoms with van der Waals surface area (Å²) in [7, 11) is 3.35. The second-order valence-electron chi connectivity index (χ2n) is 13.7. The third-order valence-electron chi connectivity index (χ3n) is 8.75. The zero-order valence-corrected chi connectivity index (χ0v) is 26.3. The minimum atomic E-state index is -0.416. The number of hydrogen-bond acceptors (Lipinski definition) is 6. The summed E-state index contributed by atoms with van der Waals surface area (Å²) in [4.78, 5) is 30.4. The van der Waals surface area contributed by atoms with E-state index in [-0.39, 0.29) is 22.4 Å². The van der Waals surface area contributed by atoms with Crippen LogP contribution < -0.4 is 9.47 Å². The lowest BCUT2D eigenvalue weighted by molar-refractivity contribution is -0.119. The standard InChI is InChI=1S/C36H45NO5/c1-23-10-8-11-24(16-23)22-42-30-13-12-25(17-31(30)41-7)32-33-26(18-35(2,3)20-28(33)38)37(14-9-15-40-6)27-19-36(4,5)21-29(39)34(27)32/h8,10-13,16-17,32H,9,14-15,18-22H2,1-7H3. The number of carbonyl (C=O) groups is 2. The van der Waals surface area contributed by atoms with Gasteiger partial charge in [-0.2, -0.15) is 0 Å². The summed E-state index contributed by atoms with van der Waals surface area (Å²) in [6.07, 6.45) is 3.32. The van der Waals surface area contributed by atoms with E-state index >= 15 is 0 Å². The maximum Gasteiger partial charge on any atom is 0.162 e. The van der Waals surface area contributed by atoms with Crippen LogP contribution in [0, 0.1) is 17.8 Å². The van der Waals surface area contributed by atoms with Gasteiger partial charge in [0, 0.05) is 61.6 Å². The Morgan fingerprint density at radius 3 is 2.05 bits per heavy atom. The first-order valence-electron chi connectivity index (χ1n) is 15.1. The van der Waals surface area contributed by atoms with Gasteiger partial charge in [0.25, 0.3) is 0 Å². The summed E-state index contributed by atoms with van der Waals surface area (Å²) in [5, 5.41) is 0. The molecule has 0 fully saturated rings. The quantitative estimate of drug-likeness (QED) is 0.294. The molecule has 6 heteroatoms. The van der Waals surface area contributed by atoms with Crippen molar-refractivity contribution in [1.29, 1.82) is 0 Å². The highest BCUT2D eigenvalue weighted by atomic mass is 16.5. The fourth-order valence-corrected chi connectivity index (χ4v) is 6.96. The average Bonchev–Trinajstić information content (AvgIpc) is 2.91. The maximum atomic E-state index is 14.0. The van der Waals surface area contributed by atoms with Crippen LogP contribution in [-0.4, -0.2) is 43.8 Å². The fourth-order valence-electron chi connectivity index (χ4n) is 6.96. The largest absolute Gasteiger partial charge is 0.493 e. The number of aryl methyl sites for hydroxylation is 1. The highest BCUT2D eigenvalue weighted by Crippen LogP contribution is 2.55. The van der Waals surface area contributed by atoms with Crippen LogP contribution in [0.3, 0.4) is 0 Å². The molecule has 5 rings (SSSR count). The van der Waals surface area contributed by atoms with Crippen LogP contribution in [0.1, 0.15) is 82.4 Å². The first kappa shape index (κ1) is 30.1. The van der Waals surface area contributed by atoms with Crippen molar-refractivity contribution in [2.45, 2.75) is 79.2 Å². The third kappa shape index (κ3) is 6.05. The van der Waals surface area contributed by atoms with Gasteiger partial charge in [-0.1, -0.05) is 63.6 Å². The third-order valence-corrected chi connectivity index (χ3v) is 8.75. The van der Waals surface area contributed by atoms with E-state index < -0.39 is 5.92 Å². The number of Topliss-reactive ketones (excluding diaryl/α,β-unsaturated/α-hetero) is 2. The number of hydrogen-bond donors (Lipinski definition) is 0. The van der Waals surface area contributed by atoms with E-state index in [1.807, 2.05) is 30.3 Å². The van der Waals surface area contributed by atoms with Gasteiger partial charge in [0.1, 0.15) is 6.61 Å². The number of rotatable bonds is 9. The molecule has 42 heavy (non-hydrogen) atoms. The van der Waals surface area contributed by atoms with Crippen molar-refractivity contribution in [3.8, 4) is 11.5 Å². The Morgan fingerprint density at radius 2 is 1.48 bits per heavy atom. The minimum absolute atomic E-state index is 0.130. The summed E-state index contributed by atoms with van der Waals surface area (Å²) in [6.45, 7) is 12.5. The van der Waals surface area contributed by atoms with Crippen molar-refractivity contribution in [3.63, 3.8) is 0 Å². The number of ketones is 2. The predicted molar refractivity (Wildman–Crippen MR) is 165 cm³/mol. The van der Waals surface area contributed by atoms with Crippen LogP contribution in [0.15, 0.2) is 65.0 Å². The molecule has 2 aliphatic carbocycles. The molecule has 6 nitrogen and oxygen atoms in total. The Balaban J connectivity index is 1.61. The van der Waals surface area contributed by atoms with Gasteiger partial charge < -0.3 is 19.1 Å². The van der Waals surface area contributed by atoms with E-state index in [1.54, 1.807) is 14.2 Å². The zero-order valence-electron chi connectivity index (χ0n) is 26.3. The molecule has 0 spiro atoms. The molecule has 0 N–H and O–H groups in total. The molecule has 2 aromatic carbocycles. The number of allylic oxidation sites excluding steroid dienone is 4. The van der Waals surface area contributed by atoms with Crippen LogP contribution >= 0.6 is 0 Å². The van der Waals surface area contributed by atoms with Crippen molar-refractivity contribution in [3.05, 3.63) is 81.7 Å². The van der Waals surface area contributed by atoms with Gasteiger partial charge in [0.2, 0.25) is 0 Å². The second kappa shape index (κ2) is 11.7. The molecular weight excluding hydrogens is 526 g/mol. The van der Waals surface area contributed by atoms with Crippen LogP contribution in [0.25, 0.3) is 0 Å². The monoisotopic (exact) mass is 571 g/mol. The van der Waals surface area contributed by atoms with Crippen LogP contribution in [0.5, 0.6) is 11.5 Å². The van der Waals surface area contributed by atoms with E-state index in [4.69, 9.17) is 14.2 Å². The number of benzene rings is 2. The Morgan fingerprint density at radius 1 is 0.833 bits per heavy atom. The van der Waals surface area contributed by atoms with Crippen LogP contribution in [0.4, 0.5) is 0 Å². The first-order chi connectivity index (χ1) is 19.9. The molecular formula is C36H45NO5. The second-order valence-corrected chi connectivity index (χ2v) is 13.7. The molecule has 0 radical (unpaired) electrons. The van der Waals surface area contributed by atoms with E-state index in [2.05, 4.69) is 51.7 Å². The van der Waals surface area contributed by atoms with E-state index in [9.17, 15) is 9.59 Å². The normalized spacial score (nSPS) is 20.0. The molecule has 0 bridgehead atoms. The first-order valence-corrected chi connectivity index (χ1v) is 15.1. The number of carbonyl (C=O) groups excluding carboxylic acids is 2. The van der Waals surface area contributed by atoms with Gasteiger partial charge in [-0.15, -0.1) is 0 Å². The van der Waals surface area contributed by atoms with E-state index in [0.717, 1.165) is 59.5 Å². The van der Waals surface area contributed by atoms with Crippen LogP contribution in [-0.2, 0) is 20.9 Å². The maximum absolute atomic E-state index is 14.0. The lowest BCUT2D eigenvalue weighted by Crippen LogP contribution is -2.44. The smallest absolute Gasteiger partial charge is 0.162 e. The van der Waals surface area contributed by atoms with Crippen molar-refractivity contribution in [2.24, 2.45) is 10.8 Å². The van der Waals surface area contributed by atoms with E-state index in [1.165, 1.54) is 5.56 Å². The molecule has 2 aromatic rings. The summed E-state index contributed by atoms with van der Waals surface area (Å²) >= 11 is 0. The summed E-state index contributed by atoms with van der Waals surface area (Å²) in [5.41, 5.74) is 6.53. The van der Waals surface area contributed by atoms with Crippen molar-refractivity contribution in [2.75, 3.05) is 27.4 Å². The summed E-state index contributed by atoms with van der Waals surface area (Å²) in [6, 6.07) is 14.1. The van der Waals surface area contributed by atoms with Gasteiger partial charge in [0.05, 0.1) is 7.11 Å². The highest BCUT2D eigenvalue weighted by Gasteiger charge is 2.48. The molecule has 0 saturated carbocycles. The SMILES string of the molecule is COCCCN1C2=C(C(=O)CC(C)(C)C2)C(c2ccc(OCc3cccc(C)c3)c(OC)c2)C2=C1CC(C)(C)CC2=O. The minimum Gasteiger partial charge on any atom is -0.493 e. The Labute approximate surface area is 250 Å². The van der Waals surface area contributed by atoms with Gasteiger partial charge >= 0.3 is 0 Å². The highest BCUT2D eigenvalue weighted by molar-refractivity contribution is 6.06. The zero-order chi connectivity index (χ0) is 30.2. The lowest BCUT2D eigenvalue weighted by Gasteiger charge is -2.49. The van der Waals surface area contributed by atoms with Gasteiger partial charge in [0.15, 0.2) is 23.1 Å². The molecule has 0 aromatic heterocycles. The fraction of sp³-hybridized carbons (Fsp3) is 0.500. The number of methoxy groups -OCH3 is 2. The predicted octanol–water partition coefficient (Wildman–Crippen LogP) is 7.30. The Bertz CT molecular complexity index is 1390. The molecule has 0 unspecified atom stereocenters. The lowest BCUT2D eigenvalue weighted by atomic mass is 9.63. The number of ether oxygens (including phenoxy) is 3. The van der Waals surface area contributed by atoms with Crippen molar-refractivity contribution in [1.82, 2.24) is 4.90 Å². The van der Waals surface area contributed by atoms with Crippen molar-refractivity contribution < 1.29 is 23.8 Å². The Hall–Kier alpha value is -3.38. The molecule has 224 valence electrons. The molecule has 1 aliphatic heterocycles. The van der Waals surface area contributed by atoms with Crippen LogP contribution in [0.2, 0.25) is 0 Å². The molecule has 0 saturated heterocycles. The molecule has 0 atom stereocenters. The van der Waals surface area contributed by atoms with Gasteiger partial charge in [-0.25, -0.2) is 0 Å². The summed E-state index contributed by atoms with van der Waals surface area (Å²) in [5.74, 6) is 1.08. The molecule has 1 heterocycles. The van der Waals surface area contributed by atoms with E-state index in [0.29, 0.717) is 37.6 Å². The summed E-state index contributed by atoms with van der Waals surface area (Å²) < 4.78 is 17.4. The molecule has 3 aliphatic rings. The topological polar surface area (TPSA) is 65.1 Å².